The van der Waals surface area contributed by atoms with Gasteiger partial charge in [-0.1, -0.05) is 30.3 Å². The van der Waals surface area contributed by atoms with Gasteiger partial charge >= 0.3 is 0 Å². The van der Waals surface area contributed by atoms with Crippen LogP contribution in [0.4, 0.5) is 0 Å². The summed E-state index contributed by atoms with van der Waals surface area (Å²) in [5.41, 5.74) is 1.80. The third-order valence-corrected chi connectivity index (χ3v) is 6.68. The Morgan fingerprint density at radius 3 is 2.58 bits per heavy atom. The molecule has 124 valence electrons. The number of benzene rings is 1. The molecule has 0 bridgehead atoms. The van der Waals surface area contributed by atoms with E-state index in [-0.39, 0.29) is 9.77 Å². The summed E-state index contributed by atoms with van der Waals surface area (Å²) in [7, 11) is -2.02. The van der Waals surface area contributed by atoms with E-state index in [9.17, 15) is 13.2 Å². The Labute approximate surface area is 143 Å². The summed E-state index contributed by atoms with van der Waals surface area (Å²) in [5.74, 6) is 0. The first-order valence-electron chi connectivity index (χ1n) is 7.12. The van der Waals surface area contributed by atoms with Crippen LogP contribution in [0.1, 0.15) is 5.56 Å². The fraction of sp³-hybridized carbons (Fsp3) is 0.125. The van der Waals surface area contributed by atoms with Crippen molar-refractivity contribution in [3.8, 4) is 11.3 Å². The highest BCUT2D eigenvalue weighted by atomic mass is 32.2. The molecule has 8 heteroatoms. The molecule has 0 aliphatic carbocycles. The van der Waals surface area contributed by atoms with Crippen LogP contribution in [0.25, 0.3) is 11.3 Å². The number of hydrogen-bond acceptors (Lipinski definition) is 5. The number of sulfonamides is 1. The lowest BCUT2D eigenvalue weighted by Crippen LogP contribution is -2.25. The quantitative estimate of drug-likeness (QED) is 0.756. The number of thiophene rings is 1. The molecule has 0 aliphatic rings. The molecule has 2 aromatic heterocycles. The Morgan fingerprint density at radius 2 is 1.92 bits per heavy atom. The molecule has 3 aromatic rings. The second-order valence-corrected chi connectivity index (χ2v) is 8.39. The van der Waals surface area contributed by atoms with E-state index in [1.165, 1.54) is 10.4 Å². The maximum absolute atomic E-state index is 12.7. The van der Waals surface area contributed by atoms with Gasteiger partial charge in [0.1, 0.15) is 4.21 Å². The van der Waals surface area contributed by atoms with E-state index in [0.29, 0.717) is 17.8 Å². The normalized spacial score (nSPS) is 11.8. The summed E-state index contributed by atoms with van der Waals surface area (Å²) < 4.78 is 26.9. The van der Waals surface area contributed by atoms with Gasteiger partial charge in [0.2, 0.25) is 0 Å². The third kappa shape index (κ3) is 3.45. The Balaban J connectivity index is 1.85. The third-order valence-electron chi connectivity index (χ3n) is 3.46. The molecule has 0 atom stereocenters. The van der Waals surface area contributed by atoms with Crippen molar-refractivity contribution in [2.75, 3.05) is 7.05 Å². The average molecular weight is 361 g/mol. The van der Waals surface area contributed by atoms with Crippen LogP contribution >= 0.6 is 11.3 Å². The second kappa shape index (κ2) is 6.68. The molecule has 0 unspecified atom stereocenters. The van der Waals surface area contributed by atoms with Crippen LogP contribution in [-0.4, -0.2) is 30.0 Å². The topological polar surface area (TPSA) is 83.1 Å². The first-order valence-corrected chi connectivity index (χ1v) is 9.44. The monoisotopic (exact) mass is 361 g/mol. The van der Waals surface area contributed by atoms with Crippen molar-refractivity contribution < 1.29 is 8.42 Å². The highest BCUT2D eigenvalue weighted by molar-refractivity contribution is 7.91. The molecule has 0 saturated carbocycles. The molecule has 6 nitrogen and oxygen atoms in total. The lowest BCUT2D eigenvalue weighted by molar-refractivity contribution is 0.468. The summed E-state index contributed by atoms with van der Waals surface area (Å²) in [4.78, 5) is 11.1. The summed E-state index contributed by atoms with van der Waals surface area (Å²) >= 11 is 1.13. The maximum atomic E-state index is 12.7. The van der Waals surface area contributed by atoms with Gasteiger partial charge in [0.15, 0.2) is 0 Å². The van der Waals surface area contributed by atoms with Crippen LogP contribution in [0.2, 0.25) is 0 Å². The van der Waals surface area contributed by atoms with Crippen molar-refractivity contribution in [1.29, 1.82) is 0 Å². The van der Waals surface area contributed by atoms with Gasteiger partial charge in [-0.25, -0.2) is 13.5 Å². The fourth-order valence-corrected chi connectivity index (χ4v) is 4.71. The van der Waals surface area contributed by atoms with Gasteiger partial charge < -0.3 is 0 Å². The summed E-state index contributed by atoms with van der Waals surface area (Å²) in [6, 6.07) is 13.9. The second-order valence-electron chi connectivity index (χ2n) is 5.21. The Hall–Kier alpha value is -2.29. The van der Waals surface area contributed by atoms with Crippen LogP contribution in [0.15, 0.2) is 62.9 Å². The number of nitrogens with one attached hydrogen (secondary N) is 1. The largest absolute Gasteiger partial charge is 0.268 e. The molecule has 0 saturated heterocycles. The highest BCUT2D eigenvalue weighted by Gasteiger charge is 2.23. The van der Waals surface area contributed by atoms with E-state index in [1.807, 2.05) is 30.3 Å². The zero-order chi connectivity index (χ0) is 17.2. The molecule has 0 spiro atoms. The van der Waals surface area contributed by atoms with Gasteiger partial charge in [0, 0.05) is 30.6 Å². The van der Waals surface area contributed by atoms with E-state index in [2.05, 4.69) is 10.2 Å². The van der Waals surface area contributed by atoms with Gasteiger partial charge in [0.25, 0.3) is 15.6 Å². The fourth-order valence-electron chi connectivity index (χ4n) is 2.17. The molecule has 0 radical (unpaired) electrons. The van der Waals surface area contributed by atoms with Crippen molar-refractivity contribution in [3.05, 3.63) is 69.8 Å². The van der Waals surface area contributed by atoms with Crippen LogP contribution < -0.4 is 5.56 Å². The van der Waals surface area contributed by atoms with Crippen molar-refractivity contribution in [2.24, 2.45) is 0 Å². The number of aromatic amines is 1. The average Bonchev–Trinajstić information content (AvgIpc) is 3.07. The van der Waals surface area contributed by atoms with Gasteiger partial charge in [-0.3, -0.25) is 4.79 Å². The van der Waals surface area contributed by atoms with E-state index in [4.69, 9.17) is 0 Å². The van der Waals surface area contributed by atoms with Crippen molar-refractivity contribution >= 4 is 21.4 Å². The standard InChI is InChI=1S/C16H15N3O3S2/c1-19(10-12-5-3-2-4-6-12)24(21,22)16-9-13(11-23-16)14-7-8-15(20)18-17-14/h2-9,11H,10H2,1H3,(H,18,20). The van der Waals surface area contributed by atoms with Crippen molar-refractivity contribution in [2.45, 2.75) is 10.8 Å². The Kier molecular flexibility index (Phi) is 4.61. The number of rotatable bonds is 5. The maximum Gasteiger partial charge on any atom is 0.264 e. The smallest absolute Gasteiger partial charge is 0.264 e. The van der Waals surface area contributed by atoms with E-state index in [0.717, 1.165) is 16.9 Å². The summed E-state index contributed by atoms with van der Waals surface area (Å²) in [6.07, 6.45) is 0. The molecule has 1 aromatic carbocycles. The number of nitrogens with zero attached hydrogens (tertiary/aromatic N) is 2. The van der Waals surface area contributed by atoms with Gasteiger partial charge in [-0.15, -0.1) is 11.3 Å². The van der Waals surface area contributed by atoms with Crippen LogP contribution in [0.5, 0.6) is 0 Å². The molecule has 1 N–H and O–H groups in total. The summed E-state index contributed by atoms with van der Waals surface area (Å²) in [6.45, 7) is 0.299. The molecule has 3 rings (SSSR count). The lowest BCUT2D eigenvalue weighted by Gasteiger charge is -2.15. The number of H-pyrrole nitrogens is 1. The van der Waals surface area contributed by atoms with Crippen LogP contribution in [0.3, 0.4) is 0 Å². The first-order chi connectivity index (χ1) is 11.5. The van der Waals surface area contributed by atoms with Crippen LogP contribution in [0, 0.1) is 0 Å². The van der Waals surface area contributed by atoms with E-state index < -0.39 is 10.0 Å². The first kappa shape index (κ1) is 16.6. The molecule has 0 fully saturated rings. The molecular formula is C16H15N3O3S2. The zero-order valence-electron chi connectivity index (χ0n) is 12.8. The molecule has 0 amide bonds. The molecule has 2 heterocycles. The minimum absolute atomic E-state index is 0.240. The molecule has 0 aliphatic heterocycles. The predicted molar refractivity (Wildman–Crippen MR) is 93.3 cm³/mol. The number of hydrogen-bond donors (Lipinski definition) is 1. The van der Waals surface area contributed by atoms with Crippen molar-refractivity contribution in [3.63, 3.8) is 0 Å². The molecule has 24 heavy (non-hydrogen) atoms. The minimum Gasteiger partial charge on any atom is -0.268 e. The highest BCUT2D eigenvalue weighted by Crippen LogP contribution is 2.29. The Bertz CT molecular complexity index is 974. The van der Waals surface area contributed by atoms with Gasteiger partial charge in [-0.2, -0.15) is 9.40 Å². The van der Waals surface area contributed by atoms with E-state index >= 15 is 0 Å². The van der Waals surface area contributed by atoms with Gasteiger partial charge in [0.05, 0.1) is 5.69 Å². The summed E-state index contributed by atoms with van der Waals surface area (Å²) in [5, 5.41) is 7.97. The van der Waals surface area contributed by atoms with Gasteiger partial charge in [-0.05, 0) is 17.7 Å². The SMILES string of the molecule is CN(Cc1ccccc1)S(=O)(=O)c1cc(-c2ccc(=O)[nH]n2)cs1. The predicted octanol–water partition coefficient (Wildman–Crippen LogP) is 2.32. The van der Waals surface area contributed by atoms with E-state index in [1.54, 1.807) is 24.6 Å². The van der Waals surface area contributed by atoms with Crippen LogP contribution in [-0.2, 0) is 16.6 Å². The zero-order valence-corrected chi connectivity index (χ0v) is 14.5. The molecular weight excluding hydrogens is 346 g/mol. The number of aromatic nitrogens is 2. The minimum atomic E-state index is -3.58. The van der Waals surface area contributed by atoms with Crippen molar-refractivity contribution in [1.82, 2.24) is 14.5 Å². The Morgan fingerprint density at radius 1 is 1.17 bits per heavy atom. The lowest BCUT2D eigenvalue weighted by atomic mass is 10.2.